The average molecular weight is 302 g/mol. The van der Waals surface area contributed by atoms with Gasteiger partial charge in [-0.05, 0) is 31.4 Å². The van der Waals surface area contributed by atoms with Crippen molar-refractivity contribution in [1.29, 1.82) is 0 Å². The van der Waals surface area contributed by atoms with E-state index >= 15 is 0 Å². The van der Waals surface area contributed by atoms with Crippen LogP contribution >= 0.6 is 0 Å². The summed E-state index contributed by atoms with van der Waals surface area (Å²) in [7, 11) is -0.932. The van der Waals surface area contributed by atoms with Crippen molar-refractivity contribution in [1.82, 2.24) is 9.62 Å². The fourth-order valence-electron chi connectivity index (χ4n) is 1.85. The zero-order chi connectivity index (χ0) is 15.0. The molecule has 1 fully saturated rings. The molecule has 20 heavy (non-hydrogen) atoms. The lowest BCUT2D eigenvalue weighted by Crippen LogP contribution is -2.47. The van der Waals surface area contributed by atoms with E-state index in [0.29, 0.717) is 12.8 Å². The fraction of sp³-hybridized carbons (Fsp3) is 0.583. The zero-order valence-electron chi connectivity index (χ0n) is 11.4. The molecule has 0 aliphatic heterocycles. The van der Waals surface area contributed by atoms with E-state index in [1.165, 1.54) is 26.2 Å². The molecule has 0 bridgehead atoms. The predicted molar refractivity (Wildman–Crippen MR) is 70.7 cm³/mol. The summed E-state index contributed by atoms with van der Waals surface area (Å²) in [5.41, 5.74) is -0.833. The number of rotatable bonds is 5. The molecule has 0 spiro atoms. The van der Waals surface area contributed by atoms with Gasteiger partial charge in [-0.25, -0.2) is 12.7 Å². The molecule has 2 rings (SSSR count). The van der Waals surface area contributed by atoms with Gasteiger partial charge in [0.2, 0.25) is 5.09 Å². The van der Waals surface area contributed by atoms with Gasteiger partial charge >= 0.3 is 0 Å². The van der Waals surface area contributed by atoms with E-state index in [1.54, 1.807) is 0 Å². The topological polar surface area (TPSA) is 99.9 Å². The van der Waals surface area contributed by atoms with Crippen LogP contribution in [0.4, 0.5) is 0 Å². The smallest absolute Gasteiger partial charge is 0.287 e. The molecule has 1 aliphatic carbocycles. The maximum atomic E-state index is 11.8. The summed E-state index contributed by atoms with van der Waals surface area (Å²) >= 11 is 0. The summed E-state index contributed by atoms with van der Waals surface area (Å²) in [5.74, 6) is -0.626. The maximum Gasteiger partial charge on any atom is 0.287 e. The van der Waals surface area contributed by atoms with Gasteiger partial charge in [-0.3, -0.25) is 4.79 Å². The van der Waals surface area contributed by atoms with Crippen LogP contribution in [-0.4, -0.2) is 50.0 Å². The standard InChI is InChI=1S/C12H18N2O5S/c1-14(2)20(17,18)10-5-4-9(19-10)11(15)13-8-12(16)6-3-7-12/h4-5,16H,3,6-8H2,1-2H3,(H,13,15). The Hall–Kier alpha value is -1.38. The second kappa shape index (κ2) is 5.19. The Morgan fingerprint density at radius 3 is 2.60 bits per heavy atom. The van der Waals surface area contributed by atoms with Gasteiger partial charge in [0, 0.05) is 20.6 Å². The number of furan rings is 1. The first-order valence-electron chi connectivity index (χ1n) is 6.28. The van der Waals surface area contributed by atoms with Crippen LogP contribution < -0.4 is 5.32 Å². The third kappa shape index (κ3) is 2.87. The molecule has 8 heteroatoms. The molecule has 0 saturated heterocycles. The Balaban J connectivity index is 2.03. The molecule has 2 N–H and O–H groups in total. The number of carbonyl (C=O) groups is 1. The number of hydrogen-bond acceptors (Lipinski definition) is 5. The van der Waals surface area contributed by atoms with Crippen molar-refractivity contribution >= 4 is 15.9 Å². The lowest BCUT2D eigenvalue weighted by molar-refractivity contribution is -0.0302. The van der Waals surface area contributed by atoms with Gasteiger partial charge < -0.3 is 14.8 Å². The van der Waals surface area contributed by atoms with Crippen LogP contribution in [0.15, 0.2) is 21.6 Å². The van der Waals surface area contributed by atoms with E-state index in [4.69, 9.17) is 4.42 Å². The van der Waals surface area contributed by atoms with Gasteiger partial charge in [0.25, 0.3) is 15.9 Å². The first-order valence-corrected chi connectivity index (χ1v) is 7.72. The van der Waals surface area contributed by atoms with Crippen molar-refractivity contribution in [3.05, 3.63) is 17.9 Å². The van der Waals surface area contributed by atoms with E-state index in [1.807, 2.05) is 0 Å². The van der Waals surface area contributed by atoms with Crippen molar-refractivity contribution < 1.29 is 22.7 Å². The Morgan fingerprint density at radius 1 is 1.45 bits per heavy atom. The lowest BCUT2D eigenvalue weighted by Gasteiger charge is -2.36. The Morgan fingerprint density at radius 2 is 2.10 bits per heavy atom. The highest BCUT2D eigenvalue weighted by Crippen LogP contribution is 2.30. The molecule has 1 aliphatic rings. The first-order chi connectivity index (χ1) is 9.24. The fourth-order valence-corrected chi connectivity index (χ4v) is 2.65. The van der Waals surface area contributed by atoms with Gasteiger partial charge in [0.1, 0.15) is 0 Å². The molecule has 1 heterocycles. The third-order valence-electron chi connectivity index (χ3n) is 3.40. The summed E-state index contributed by atoms with van der Waals surface area (Å²) in [5, 5.41) is 12.1. The zero-order valence-corrected chi connectivity index (χ0v) is 12.2. The number of nitrogens with one attached hydrogen (secondary N) is 1. The average Bonchev–Trinajstić information content (AvgIpc) is 2.83. The van der Waals surface area contributed by atoms with Crippen molar-refractivity contribution in [2.45, 2.75) is 30.0 Å². The predicted octanol–water partition coefficient (Wildman–Crippen LogP) is 0.175. The third-order valence-corrected chi connectivity index (χ3v) is 5.09. The SMILES string of the molecule is CN(C)S(=O)(=O)c1ccc(C(=O)NCC2(O)CCC2)o1. The van der Waals surface area contributed by atoms with E-state index in [2.05, 4.69) is 5.32 Å². The molecule has 1 amide bonds. The second-order valence-electron chi connectivity index (χ2n) is 5.17. The summed E-state index contributed by atoms with van der Waals surface area (Å²) < 4.78 is 29.7. The highest BCUT2D eigenvalue weighted by molar-refractivity contribution is 7.88. The number of aliphatic hydroxyl groups is 1. The van der Waals surface area contributed by atoms with Crippen LogP contribution in [-0.2, 0) is 10.0 Å². The highest BCUT2D eigenvalue weighted by atomic mass is 32.2. The molecule has 0 aromatic carbocycles. The van der Waals surface area contributed by atoms with E-state index in [0.717, 1.165) is 10.7 Å². The van der Waals surface area contributed by atoms with E-state index in [9.17, 15) is 18.3 Å². The van der Waals surface area contributed by atoms with Crippen LogP contribution in [0, 0.1) is 0 Å². The first kappa shape index (κ1) is 15.0. The minimum atomic E-state index is -3.69. The monoisotopic (exact) mass is 302 g/mol. The van der Waals surface area contributed by atoms with E-state index < -0.39 is 21.5 Å². The molecule has 0 unspecified atom stereocenters. The van der Waals surface area contributed by atoms with Crippen LogP contribution in [0.3, 0.4) is 0 Å². The van der Waals surface area contributed by atoms with Gasteiger partial charge in [0.05, 0.1) is 5.60 Å². The van der Waals surface area contributed by atoms with Gasteiger partial charge in [-0.1, -0.05) is 0 Å². The van der Waals surface area contributed by atoms with Gasteiger partial charge in [-0.2, -0.15) is 0 Å². The molecule has 0 radical (unpaired) electrons. The van der Waals surface area contributed by atoms with Crippen LogP contribution in [0.5, 0.6) is 0 Å². The Labute approximate surface area is 117 Å². The molecule has 1 saturated carbocycles. The summed E-state index contributed by atoms with van der Waals surface area (Å²) in [6.07, 6.45) is 2.26. The second-order valence-corrected chi connectivity index (χ2v) is 7.25. The van der Waals surface area contributed by atoms with Crippen molar-refractivity contribution in [3.63, 3.8) is 0 Å². The molecule has 1 aromatic heterocycles. The number of hydrogen-bond donors (Lipinski definition) is 2. The summed E-state index contributed by atoms with van der Waals surface area (Å²) in [6, 6.07) is 2.54. The number of amides is 1. The molecule has 7 nitrogen and oxygen atoms in total. The molecule has 1 aromatic rings. The largest absolute Gasteiger partial charge is 0.438 e. The van der Waals surface area contributed by atoms with E-state index in [-0.39, 0.29) is 17.4 Å². The molecular weight excluding hydrogens is 284 g/mol. The van der Waals surface area contributed by atoms with Crippen LogP contribution in [0.1, 0.15) is 29.8 Å². The summed E-state index contributed by atoms with van der Waals surface area (Å²) in [6.45, 7) is 0.141. The van der Waals surface area contributed by atoms with Crippen molar-refractivity contribution in [2.75, 3.05) is 20.6 Å². The number of sulfonamides is 1. The lowest BCUT2D eigenvalue weighted by atomic mass is 9.80. The maximum absolute atomic E-state index is 11.8. The van der Waals surface area contributed by atoms with Crippen molar-refractivity contribution in [2.24, 2.45) is 0 Å². The minimum Gasteiger partial charge on any atom is -0.438 e. The normalized spacial score (nSPS) is 17.8. The van der Waals surface area contributed by atoms with Crippen LogP contribution in [0.2, 0.25) is 0 Å². The Kier molecular flexibility index (Phi) is 3.90. The molecule has 112 valence electrons. The number of nitrogens with zero attached hydrogens (tertiary/aromatic N) is 1. The minimum absolute atomic E-state index is 0.0895. The van der Waals surface area contributed by atoms with Gasteiger partial charge in [0.15, 0.2) is 5.76 Å². The molecule has 0 atom stereocenters. The summed E-state index contributed by atoms with van der Waals surface area (Å²) in [4.78, 5) is 11.8. The quantitative estimate of drug-likeness (QED) is 0.808. The molecular formula is C12H18N2O5S. The number of carbonyl (C=O) groups excluding carboxylic acids is 1. The van der Waals surface area contributed by atoms with Crippen molar-refractivity contribution in [3.8, 4) is 0 Å². The Bertz CT molecular complexity index is 601. The van der Waals surface area contributed by atoms with Gasteiger partial charge in [-0.15, -0.1) is 0 Å². The highest BCUT2D eigenvalue weighted by Gasteiger charge is 2.35. The van der Waals surface area contributed by atoms with Crippen LogP contribution in [0.25, 0.3) is 0 Å².